The van der Waals surface area contributed by atoms with Crippen LogP contribution in [0.5, 0.6) is 0 Å². The number of aromatic nitrogens is 4. The SMILES string of the molecule is Cc1nnc2ccc(N3CC[C@H](c4cc(F)c(F)cc4F)[C@@H](NC(=O)O)C3)nn12. The molecule has 0 unspecified atom stereocenters. The van der Waals surface area contributed by atoms with Gasteiger partial charge in [-0.2, -0.15) is 4.52 Å². The lowest BCUT2D eigenvalue weighted by Crippen LogP contribution is -2.52. The van der Waals surface area contributed by atoms with Crippen molar-refractivity contribution in [1.82, 2.24) is 25.1 Å². The third kappa shape index (κ3) is 3.55. The van der Waals surface area contributed by atoms with E-state index in [4.69, 9.17) is 0 Å². The molecule has 1 aromatic carbocycles. The number of benzene rings is 1. The Morgan fingerprint density at radius 3 is 2.69 bits per heavy atom. The van der Waals surface area contributed by atoms with E-state index in [-0.39, 0.29) is 12.1 Å². The van der Waals surface area contributed by atoms with Gasteiger partial charge in [0.25, 0.3) is 0 Å². The predicted molar refractivity (Wildman–Crippen MR) is 96.4 cm³/mol. The van der Waals surface area contributed by atoms with Crippen molar-refractivity contribution in [3.8, 4) is 0 Å². The maximum Gasteiger partial charge on any atom is 0.404 e. The molecule has 2 aromatic heterocycles. The van der Waals surface area contributed by atoms with Crippen LogP contribution in [0.3, 0.4) is 0 Å². The standard InChI is InChI=1S/C18H17F3N6O2/c1-9-23-24-16-2-3-17(25-27(9)16)26-5-4-10(15(8-26)22-18(28)29)11-6-13(20)14(21)7-12(11)19/h2-3,6-7,10,15,22H,4-5,8H2,1H3,(H,28,29)/t10-,15+/m1/s1. The number of piperidine rings is 1. The average molecular weight is 406 g/mol. The highest BCUT2D eigenvalue weighted by molar-refractivity contribution is 5.65. The second-order valence-corrected chi connectivity index (χ2v) is 6.89. The van der Waals surface area contributed by atoms with Gasteiger partial charge in [-0.3, -0.25) is 0 Å². The second-order valence-electron chi connectivity index (χ2n) is 6.89. The summed E-state index contributed by atoms with van der Waals surface area (Å²) in [5, 5.41) is 24.0. The quantitative estimate of drug-likeness (QED) is 0.649. The third-order valence-electron chi connectivity index (χ3n) is 5.09. The van der Waals surface area contributed by atoms with Gasteiger partial charge in [-0.15, -0.1) is 15.3 Å². The van der Waals surface area contributed by atoms with Crippen LogP contribution in [0.1, 0.15) is 23.7 Å². The lowest BCUT2D eigenvalue weighted by molar-refractivity contribution is 0.185. The molecule has 3 aromatic rings. The summed E-state index contributed by atoms with van der Waals surface area (Å²) in [6.45, 7) is 2.35. The van der Waals surface area contributed by atoms with Crippen molar-refractivity contribution < 1.29 is 23.1 Å². The molecule has 2 atom stereocenters. The molecule has 0 aliphatic carbocycles. The van der Waals surface area contributed by atoms with E-state index in [1.807, 2.05) is 4.90 Å². The van der Waals surface area contributed by atoms with E-state index < -0.39 is 35.5 Å². The molecule has 8 nitrogen and oxygen atoms in total. The maximum absolute atomic E-state index is 14.3. The Kier molecular flexibility index (Phi) is 4.73. The highest BCUT2D eigenvalue weighted by Crippen LogP contribution is 2.33. The van der Waals surface area contributed by atoms with E-state index in [1.54, 1.807) is 23.6 Å². The van der Waals surface area contributed by atoms with E-state index >= 15 is 0 Å². The molecule has 1 amide bonds. The van der Waals surface area contributed by atoms with Crippen molar-refractivity contribution in [3.05, 3.63) is 53.1 Å². The minimum atomic E-state index is -1.29. The Bertz CT molecular complexity index is 1090. The number of anilines is 1. The van der Waals surface area contributed by atoms with Crippen LogP contribution in [0.25, 0.3) is 5.65 Å². The molecule has 0 spiro atoms. The number of rotatable bonds is 3. The number of amides is 1. The molecular weight excluding hydrogens is 389 g/mol. The average Bonchev–Trinajstić information content (AvgIpc) is 3.05. The first-order valence-electron chi connectivity index (χ1n) is 8.91. The van der Waals surface area contributed by atoms with E-state index in [0.717, 1.165) is 6.07 Å². The molecule has 2 N–H and O–H groups in total. The molecule has 0 radical (unpaired) electrons. The molecule has 11 heteroatoms. The largest absolute Gasteiger partial charge is 0.465 e. The van der Waals surface area contributed by atoms with E-state index in [2.05, 4.69) is 20.6 Å². The summed E-state index contributed by atoms with van der Waals surface area (Å²) in [5.74, 6) is -2.85. The molecule has 1 aliphatic rings. The summed E-state index contributed by atoms with van der Waals surface area (Å²) in [5.41, 5.74) is 0.519. The molecular formula is C18H17F3N6O2. The molecule has 29 heavy (non-hydrogen) atoms. The second kappa shape index (κ2) is 7.22. The number of hydrogen-bond donors (Lipinski definition) is 2. The van der Waals surface area contributed by atoms with Crippen LogP contribution < -0.4 is 10.2 Å². The third-order valence-corrected chi connectivity index (χ3v) is 5.09. The molecule has 152 valence electrons. The normalized spacial score (nSPS) is 19.5. The maximum atomic E-state index is 14.3. The van der Waals surface area contributed by atoms with Crippen LogP contribution in [0, 0.1) is 24.4 Å². The van der Waals surface area contributed by atoms with E-state index in [0.29, 0.717) is 36.3 Å². The number of nitrogens with one attached hydrogen (secondary N) is 1. The van der Waals surface area contributed by atoms with Crippen molar-refractivity contribution in [2.75, 3.05) is 18.0 Å². The summed E-state index contributed by atoms with van der Waals surface area (Å²) in [4.78, 5) is 13.1. The van der Waals surface area contributed by atoms with Crippen molar-refractivity contribution in [2.45, 2.75) is 25.3 Å². The van der Waals surface area contributed by atoms with Crippen LogP contribution in [-0.2, 0) is 0 Å². The van der Waals surface area contributed by atoms with Gasteiger partial charge in [0.15, 0.2) is 23.1 Å². The van der Waals surface area contributed by atoms with Crippen LogP contribution in [0.4, 0.5) is 23.8 Å². The number of aryl methyl sites for hydroxylation is 1. The van der Waals surface area contributed by atoms with Crippen LogP contribution in [-0.4, -0.2) is 50.1 Å². The lowest BCUT2D eigenvalue weighted by Gasteiger charge is -2.39. The molecule has 0 bridgehead atoms. The van der Waals surface area contributed by atoms with Gasteiger partial charge in [0.1, 0.15) is 11.6 Å². The van der Waals surface area contributed by atoms with Gasteiger partial charge in [0.2, 0.25) is 0 Å². The number of carboxylic acid groups (broad SMARTS) is 1. The van der Waals surface area contributed by atoms with Crippen molar-refractivity contribution in [1.29, 1.82) is 0 Å². The molecule has 0 saturated carbocycles. The van der Waals surface area contributed by atoms with Crippen molar-refractivity contribution >= 4 is 17.6 Å². The Balaban J connectivity index is 1.65. The first kappa shape index (κ1) is 19.0. The van der Waals surface area contributed by atoms with E-state index in [9.17, 15) is 23.1 Å². The van der Waals surface area contributed by atoms with Crippen LogP contribution in [0.15, 0.2) is 24.3 Å². The first-order valence-corrected chi connectivity index (χ1v) is 8.91. The Hall–Kier alpha value is -3.37. The first-order chi connectivity index (χ1) is 13.8. The number of hydrogen-bond acceptors (Lipinski definition) is 5. The van der Waals surface area contributed by atoms with Gasteiger partial charge in [-0.05, 0) is 37.1 Å². The predicted octanol–water partition coefficient (Wildman–Crippen LogP) is 2.48. The van der Waals surface area contributed by atoms with E-state index in [1.165, 1.54) is 0 Å². The lowest BCUT2D eigenvalue weighted by atomic mass is 9.84. The zero-order valence-corrected chi connectivity index (χ0v) is 15.3. The fourth-order valence-electron chi connectivity index (χ4n) is 3.71. The Morgan fingerprint density at radius 2 is 1.93 bits per heavy atom. The smallest absolute Gasteiger partial charge is 0.404 e. The van der Waals surface area contributed by atoms with Crippen LogP contribution >= 0.6 is 0 Å². The molecule has 1 fully saturated rings. The van der Waals surface area contributed by atoms with Gasteiger partial charge in [0, 0.05) is 25.1 Å². The fourth-order valence-corrected chi connectivity index (χ4v) is 3.71. The summed E-state index contributed by atoms with van der Waals surface area (Å²) < 4.78 is 42.9. The van der Waals surface area contributed by atoms with Crippen molar-refractivity contribution in [2.24, 2.45) is 0 Å². The van der Waals surface area contributed by atoms with Gasteiger partial charge in [-0.1, -0.05) is 0 Å². The molecule has 1 saturated heterocycles. The summed E-state index contributed by atoms with van der Waals surface area (Å²) >= 11 is 0. The van der Waals surface area contributed by atoms with Crippen molar-refractivity contribution in [3.63, 3.8) is 0 Å². The summed E-state index contributed by atoms with van der Waals surface area (Å²) in [7, 11) is 0. The minimum Gasteiger partial charge on any atom is -0.465 e. The number of carbonyl (C=O) groups is 1. The number of nitrogens with zero attached hydrogens (tertiary/aromatic N) is 5. The zero-order chi connectivity index (χ0) is 20.7. The fraction of sp³-hybridized carbons (Fsp3) is 0.333. The van der Waals surface area contributed by atoms with Gasteiger partial charge >= 0.3 is 6.09 Å². The number of fused-ring (bicyclic) bond motifs is 1. The molecule has 3 heterocycles. The number of halogens is 3. The van der Waals surface area contributed by atoms with Gasteiger partial charge in [-0.25, -0.2) is 18.0 Å². The minimum absolute atomic E-state index is 0.0552. The Morgan fingerprint density at radius 1 is 1.17 bits per heavy atom. The van der Waals surface area contributed by atoms with Gasteiger partial charge < -0.3 is 15.3 Å². The van der Waals surface area contributed by atoms with Gasteiger partial charge in [0.05, 0.1) is 6.04 Å². The molecule has 1 aliphatic heterocycles. The highest BCUT2D eigenvalue weighted by atomic mass is 19.2. The Labute approximate surface area is 163 Å². The topological polar surface area (TPSA) is 95.7 Å². The summed E-state index contributed by atoms with van der Waals surface area (Å²) in [6.07, 6.45) is -0.976. The van der Waals surface area contributed by atoms with Crippen LogP contribution in [0.2, 0.25) is 0 Å². The highest BCUT2D eigenvalue weighted by Gasteiger charge is 2.34. The summed E-state index contributed by atoms with van der Waals surface area (Å²) in [6, 6.07) is 4.01. The molecule has 4 rings (SSSR count). The monoisotopic (exact) mass is 406 g/mol. The zero-order valence-electron chi connectivity index (χ0n) is 15.3.